The Balaban J connectivity index is 1.32. The van der Waals surface area contributed by atoms with E-state index in [4.69, 9.17) is 0 Å². The van der Waals surface area contributed by atoms with Crippen LogP contribution < -0.4 is 0 Å². The lowest BCUT2D eigenvalue weighted by Gasteiger charge is -2.12. The van der Waals surface area contributed by atoms with E-state index in [9.17, 15) is 0 Å². The Kier molecular flexibility index (Phi) is 6.64. The highest BCUT2D eigenvalue weighted by Gasteiger charge is 2.21. The van der Waals surface area contributed by atoms with Gasteiger partial charge in [0.05, 0.1) is 16.6 Å². The third-order valence-corrected chi connectivity index (χ3v) is 11.2. The predicted octanol–water partition coefficient (Wildman–Crippen LogP) is 14.4. The summed E-state index contributed by atoms with van der Waals surface area (Å²) < 4.78 is 2.54. The van der Waals surface area contributed by atoms with Crippen molar-refractivity contribution in [2.45, 2.75) is 39.5 Å². The third kappa shape index (κ3) is 4.76. The second-order valence-corrected chi connectivity index (χ2v) is 15.0. The minimum Gasteiger partial charge on any atom is -0.308 e. The normalized spacial score (nSPS) is 12.3. The maximum absolute atomic E-state index is 2.54. The summed E-state index contributed by atoms with van der Waals surface area (Å²) in [6.45, 7) is 9.12. The molecular formula is C50H39N. The Morgan fingerprint density at radius 3 is 1.18 bits per heavy atom. The molecule has 0 aliphatic carbocycles. The highest BCUT2D eigenvalue weighted by Crippen LogP contribution is 2.45. The van der Waals surface area contributed by atoms with E-state index in [1.807, 2.05) is 0 Å². The number of nitrogens with zero attached hydrogens (tertiary/aromatic N) is 1. The molecular weight excluding hydrogens is 615 g/mol. The number of aromatic nitrogens is 1. The van der Waals surface area contributed by atoms with Crippen molar-refractivity contribution in [2.24, 2.45) is 0 Å². The fourth-order valence-corrected chi connectivity index (χ4v) is 8.34. The van der Waals surface area contributed by atoms with Crippen LogP contribution in [0.3, 0.4) is 0 Å². The van der Waals surface area contributed by atoms with Gasteiger partial charge in [-0.2, -0.15) is 0 Å². The Morgan fingerprint density at radius 2 is 0.745 bits per heavy atom. The smallest absolute Gasteiger partial charge is 0.0620 e. The molecule has 0 amide bonds. The number of hydrogen-bond donors (Lipinski definition) is 0. The van der Waals surface area contributed by atoms with Crippen molar-refractivity contribution in [1.29, 1.82) is 0 Å². The Labute approximate surface area is 298 Å². The van der Waals surface area contributed by atoms with Crippen molar-refractivity contribution < 1.29 is 0 Å². The molecule has 0 aliphatic heterocycles. The monoisotopic (exact) mass is 653 g/mol. The van der Waals surface area contributed by atoms with Gasteiger partial charge in [0.1, 0.15) is 0 Å². The average Bonchev–Trinajstić information content (AvgIpc) is 3.66. The molecule has 2 aromatic heterocycles. The summed E-state index contributed by atoms with van der Waals surface area (Å²) in [4.78, 5) is 0. The predicted molar refractivity (Wildman–Crippen MR) is 221 cm³/mol. The maximum atomic E-state index is 2.54. The van der Waals surface area contributed by atoms with Gasteiger partial charge >= 0.3 is 0 Å². The zero-order valence-corrected chi connectivity index (χ0v) is 29.5. The SMILES string of the molecule is CC(C)c1ccc2cc3c(cc2c1)c1cc(-c2cc(-c4ccccc4)cc(-c4ccccc4)c2)cc2c4cc5cc(C(C)C)ccc5cc4n3c12. The summed E-state index contributed by atoms with van der Waals surface area (Å²) >= 11 is 0. The van der Waals surface area contributed by atoms with E-state index in [-0.39, 0.29) is 0 Å². The molecule has 0 radical (unpaired) electrons. The zero-order chi connectivity index (χ0) is 34.4. The summed E-state index contributed by atoms with van der Waals surface area (Å²) in [7, 11) is 0. The lowest BCUT2D eigenvalue weighted by molar-refractivity contribution is 0.869. The molecule has 1 heteroatoms. The van der Waals surface area contributed by atoms with Gasteiger partial charge in [0.15, 0.2) is 0 Å². The van der Waals surface area contributed by atoms with Crippen molar-refractivity contribution in [1.82, 2.24) is 4.40 Å². The number of hydrogen-bond acceptors (Lipinski definition) is 0. The lowest BCUT2D eigenvalue weighted by Crippen LogP contribution is -1.88. The van der Waals surface area contributed by atoms with Crippen LogP contribution >= 0.6 is 0 Å². The highest BCUT2D eigenvalue weighted by molar-refractivity contribution is 6.27. The van der Waals surface area contributed by atoms with Gasteiger partial charge in [0.25, 0.3) is 0 Å². The number of fused-ring (bicyclic) bond motifs is 8. The molecule has 0 N–H and O–H groups in total. The molecule has 0 bridgehead atoms. The molecule has 10 rings (SSSR count). The average molecular weight is 654 g/mol. The van der Waals surface area contributed by atoms with E-state index >= 15 is 0 Å². The van der Waals surface area contributed by atoms with E-state index in [1.165, 1.54) is 104 Å². The first kappa shape index (κ1) is 29.9. The van der Waals surface area contributed by atoms with Crippen molar-refractivity contribution in [2.75, 3.05) is 0 Å². The Bertz CT molecular complexity index is 2750. The molecule has 10 aromatic rings. The van der Waals surface area contributed by atoms with Gasteiger partial charge in [0.2, 0.25) is 0 Å². The number of benzene rings is 8. The first-order chi connectivity index (χ1) is 24.9. The van der Waals surface area contributed by atoms with Crippen molar-refractivity contribution in [3.05, 3.63) is 163 Å². The van der Waals surface area contributed by atoms with Crippen LogP contribution in [0.5, 0.6) is 0 Å². The highest BCUT2D eigenvalue weighted by atomic mass is 14.9. The van der Waals surface area contributed by atoms with E-state index in [0.717, 1.165) is 0 Å². The van der Waals surface area contributed by atoms with Gasteiger partial charge in [-0.15, -0.1) is 0 Å². The summed E-state index contributed by atoms with van der Waals surface area (Å²) in [5.41, 5.74) is 14.0. The fraction of sp³-hybridized carbons (Fsp3) is 0.120. The van der Waals surface area contributed by atoms with E-state index in [2.05, 4.69) is 184 Å². The molecule has 51 heavy (non-hydrogen) atoms. The fourth-order valence-electron chi connectivity index (χ4n) is 8.34. The largest absolute Gasteiger partial charge is 0.308 e. The lowest BCUT2D eigenvalue weighted by atomic mass is 9.91. The number of rotatable bonds is 5. The molecule has 2 heterocycles. The van der Waals surface area contributed by atoms with Gasteiger partial charge < -0.3 is 4.40 Å². The third-order valence-electron chi connectivity index (χ3n) is 11.2. The molecule has 0 atom stereocenters. The molecule has 244 valence electrons. The molecule has 1 nitrogen and oxygen atoms in total. The molecule has 0 spiro atoms. The van der Waals surface area contributed by atoms with Crippen LogP contribution in [0.4, 0.5) is 0 Å². The molecule has 0 unspecified atom stereocenters. The van der Waals surface area contributed by atoms with Crippen molar-refractivity contribution >= 4 is 59.6 Å². The van der Waals surface area contributed by atoms with E-state index in [0.29, 0.717) is 11.8 Å². The van der Waals surface area contributed by atoms with Crippen LogP contribution in [0.25, 0.3) is 93.0 Å². The summed E-state index contributed by atoms with van der Waals surface area (Å²) in [6, 6.07) is 57.3. The van der Waals surface area contributed by atoms with Crippen LogP contribution in [0, 0.1) is 0 Å². The topological polar surface area (TPSA) is 4.41 Å². The minimum atomic E-state index is 0.482. The standard InChI is InChI=1S/C50H39N/c1-30(2)34-15-17-36-28-48-44(24-41(36)19-34)46-26-43(40-22-38(32-11-7-5-8-12-32)21-39(23-40)33-13-9-6-10-14-33)27-47-45-25-42-20-35(31(3)4)16-18-37(42)29-49(45)51(48)50(46)47/h5-31H,1-4H3. The van der Waals surface area contributed by atoms with Crippen molar-refractivity contribution in [3.8, 4) is 33.4 Å². The Morgan fingerprint density at radius 1 is 0.333 bits per heavy atom. The van der Waals surface area contributed by atoms with Crippen molar-refractivity contribution in [3.63, 3.8) is 0 Å². The van der Waals surface area contributed by atoms with Crippen LogP contribution in [-0.2, 0) is 0 Å². The summed E-state index contributed by atoms with van der Waals surface area (Å²) in [6.07, 6.45) is 0. The summed E-state index contributed by atoms with van der Waals surface area (Å²) in [5, 5.41) is 10.4. The van der Waals surface area contributed by atoms with Crippen LogP contribution in [0.2, 0.25) is 0 Å². The van der Waals surface area contributed by atoms with E-state index in [1.54, 1.807) is 0 Å². The van der Waals surface area contributed by atoms with Crippen LogP contribution in [-0.4, -0.2) is 4.40 Å². The quantitative estimate of drug-likeness (QED) is 0.174. The van der Waals surface area contributed by atoms with Gasteiger partial charge in [-0.1, -0.05) is 125 Å². The Hall–Kier alpha value is -5.92. The first-order valence-electron chi connectivity index (χ1n) is 18.3. The van der Waals surface area contributed by atoms with E-state index < -0.39 is 0 Å². The molecule has 0 fully saturated rings. The summed E-state index contributed by atoms with van der Waals surface area (Å²) in [5.74, 6) is 0.964. The second kappa shape index (κ2) is 11.3. The van der Waals surface area contributed by atoms with Crippen LogP contribution in [0.1, 0.15) is 50.7 Å². The van der Waals surface area contributed by atoms with Gasteiger partial charge in [-0.05, 0) is 132 Å². The molecule has 0 aliphatic rings. The second-order valence-electron chi connectivity index (χ2n) is 15.0. The molecule has 0 saturated heterocycles. The van der Waals surface area contributed by atoms with Gasteiger partial charge in [-0.25, -0.2) is 0 Å². The maximum Gasteiger partial charge on any atom is 0.0620 e. The van der Waals surface area contributed by atoms with Gasteiger partial charge in [0, 0.05) is 21.5 Å². The van der Waals surface area contributed by atoms with Crippen LogP contribution in [0.15, 0.2) is 152 Å². The molecule has 0 saturated carbocycles. The first-order valence-corrected chi connectivity index (χ1v) is 18.3. The van der Waals surface area contributed by atoms with Gasteiger partial charge in [-0.3, -0.25) is 0 Å². The zero-order valence-electron chi connectivity index (χ0n) is 29.5. The molecule has 8 aromatic carbocycles. The minimum absolute atomic E-state index is 0.482.